The standard InChI is InChI=1S/C33H36N2O2S/c1-3-29-23-30(33(38-29)34-32(36)27-12-8-5-9-13-27)31(26-14-16-28(37-2)17-15-26)35-20-18-25(19-21-35)22-24-10-6-4-7-11-24/h4-17,23,25,31H,3,18-22H2,1-2H3,(H,34,36)/t31-/m1/s1. The van der Waals surface area contributed by atoms with E-state index in [0.717, 1.165) is 49.5 Å². The van der Waals surface area contributed by atoms with Crippen molar-refractivity contribution in [1.82, 2.24) is 4.90 Å². The van der Waals surface area contributed by atoms with E-state index in [1.54, 1.807) is 18.4 Å². The van der Waals surface area contributed by atoms with Crippen LogP contribution in [0.5, 0.6) is 5.75 Å². The molecule has 1 aliphatic heterocycles. The first-order valence-corrected chi connectivity index (χ1v) is 14.4. The summed E-state index contributed by atoms with van der Waals surface area (Å²) in [6.07, 6.45) is 4.40. The summed E-state index contributed by atoms with van der Waals surface area (Å²) < 4.78 is 5.45. The van der Waals surface area contributed by atoms with Crippen molar-refractivity contribution >= 4 is 22.2 Å². The van der Waals surface area contributed by atoms with E-state index in [9.17, 15) is 4.79 Å². The molecule has 0 bridgehead atoms. The van der Waals surface area contributed by atoms with E-state index in [1.807, 2.05) is 42.5 Å². The first-order valence-electron chi connectivity index (χ1n) is 13.6. The number of rotatable bonds is 9. The molecule has 1 aromatic heterocycles. The highest BCUT2D eigenvalue weighted by atomic mass is 32.1. The maximum Gasteiger partial charge on any atom is 0.256 e. The Labute approximate surface area is 230 Å². The molecule has 38 heavy (non-hydrogen) atoms. The molecule has 4 aromatic rings. The topological polar surface area (TPSA) is 41.6 Å². The Morgan fingerprint density at radius 1 is 0.974 bits per heavy atom. The van der Waals surface area contributed by atoms with E-state index in [-0.39, 0.29) is 11.9 Å². The second-order valence-corrected chi connectivity index (χ2v) is 11.2. The Morgan fingerprint density at radius 3 is 2.26 bits per heavy atom. The van der Waals surface area contributed by atoms with Crippen LogP contribution in [0.2, 0.25) is 0 Å². The molecule has 1 N–H and O–H groups in total. The third-order valence-corrected chi connectivity index (χ3v) is 8.74. The van der Waals surface area contributed by atoms with E-state index in [2.05, 4.69) is 65.7 Å². The summed E-state index contributed by atoms with van der Waals surface area (Å²) in [4.78, 5) is 17.0. The van der Waals surface area contributed by atoms with Gasteiger partial charge >= 0.3 is 0 Å². The zero-order chi connectivity index (χ0) is 26.3. The van der Waals surface area contributed by atoms with Crippen molar-refractivity contribution in [3.05, 3.63) is 118 Å². The lowest BCUT2D eigenvalue weighted by molar-refractivity contribution is 0.102. The summed E-state index contributed by atoms with van der Waals surface area (Å²) in [5.41, 5.74) is 4.51. The highest BCUT2D eigenvalue weighted by molar-refractivity contribution is 7.16. The molecule has 5 heteroatoms. The van der Waals surface area contributed by atoms with Crippen molar-refractivity contribution in [3.63, 3.8) is 0 Å². The van der Waals surface area contributed by atoms with Crippen molar-refractivity contribution in [1.29, 1.82) is 0 Å². The fourth-order valence-corrected chi connectivity index (χ4v) is 6.46. The Hall–Kier alpha value is -3.41. The van der Waals surface area contributed by atoms with Gasteiger partial charge in [0.15, 0.2) is 0 Å². The van der Waals surface area contributed by atoms with Crippen molar-refractivity contribution in [2.24, 2.45) is 5.92 Å². The van der Waals surface area contributed by atoms with Gasteiger partial charge in [0.1, 0.15) is 10.8 Å². The number of anilines is 1. The van der Waals surface area contributed by atoms with Crippen molar-refractivity contribution in [2.45, 2.75) is 38.6 Å². The van der Waals surface area contributed by atoms with Crippen LogP contribution in [0.25, 0.3) is 0 Å². The number of aryl methyl sites for hydroxylation is 1. The van der Waals surface area contributed by atoms with Gasteiger partial charge in [0.2, 0.25) is 0 Å². The lowest BCUT2D eigenvalue weighted by Crippen LogP contribution is -2.38. The highest BCUT2D eigenvalue weighted by Crippen LogP contribution is 2.41. The highest BCUT2D eigenvalue weighted by Gasteiger charge is 2.30. The van der Waals surface area contributed by atoms with E-state index in [4.69, 9.17) is 4.74 Å². The molecular weight excluding hydrogens is 488 g/mol. The molecule has 0 radical (unpaired) electrons. The van der Waals surface area contributed by atoms with Crippen LogP contribution in [-0.2, 0) is 12.8 Å². The zero-order valence-corrected chi connectivity index (χ0v) is 23.0. The number of benzene rings is 3. The lowest BCUT2D eigenvalue weighted by Gasteiger charge is -2.38. The minimum atomic E-state index is -0.0635. The van der Waals surface area contributed by atoms with Crippen molar-refractivity contribution in [3.8, 4) is 5.75 Å². The zero-order valence-electron chi connectivity index (χ0n) is 22.2. The summed E-state index contributed by atoms with van der Waals surface area (Å²) in [7, 11) is 1.70. The number of nitrogens with one attached hydrogen (secondary N) is 1. The summed E-state index contributed by atoms with van der Waals surface area (Å²) in [5.74, 6) is 1.48. The van der Waals surface area contributed by atoms with E-state index < -0.39 is 0 Å². The Bertz CT molecular complexity index is 1310. The van der Waals surface area contributed by atoms with Gasteiger partial charge in [-0.3, -0.25) is 9.69 Å². The van der Waals surface area contributed by atoms with Gasteiger partial charge in [-0.05, 0) is 86.1 Å². The van der Waals surface area contributed by atoms with Gasteiger partial charge in [-0.25, -0.2) is 0 Å². The van der Waals surface area contributed by atoms with E-state index in [0.29, 0.717) is 11.5 Å². The van der Waals surface area contributed by atoms with Crippen molar-refractivity contribution < 1.29 is 9.53 Å². The number of amides is 1. The molecule has 0 saturated carbocycles. The molecule has 1 atom stereocenters. The Balaban J connectivity index is 1.43. The molecule has 5 rings (SSSR count). The second-order valence-electron chi connectivity index (χ2n) is 10.0. The van der Waals surface area contributed by atoms with Gasteiger partial charge in [-0.15, -0.1) is 11.3 Å². The fourth-order valence-electron chi connectivity index (χ4n) is 5.43. The number of hydrogen-bond donors (Lipinski definition) is 1. The minimum absolute atomic E-state index is 0.0635. The second kappa shape index (κ2) is 12.4. The SMILES string of the molecule is CCc1cc([C@@H](c2ccc(OC)cc2)N2CCC(Cc3ccccc3)CC2)c(NC(=O)c2ccccc2)s1. The molecule has 4 nitrogen and oxygen atoms in total. The monoisotopic (exact) mass is 524 g/mol. The number of ether oxygens (including phenoxy) is 1. The number of likely N-dealkylation sites (tertiary alicyclic amines) is 1. The van der Waals surface area contributed by atoms with Crippen LogP contribution < -0.4 is 10.1 Å². The van der Waals surface area contributed by atoms with Crippen LogP contribution >= 0.6 is 11.3 Å². The maximum absolute atomic E-state index is 13.2. The van der Waals surface area contributed by atoms with E-state index in [1.165, 1.54) is 21.6 Å². The third kappa shape index (κ3) is 6.17. The summed E-state index contributed by atoms with van der Waals surface area (Å²) in [6.45, 7) is 4.23. The van der Waals surface area contributed by atoms with Crippen LogP contribution in [0.15, 0.2) is 91.0 Å². The van der Waals surface area contributed by atoms with Gasteiger partial charge in [0, 0.05) is 16.0 Å². The number of methoxy groups -OCH3 is 1. The predicted molar refractivity (Wildman–Crippen MR) is 157 cm³/mol. The predicted octanol–water partition coefficient (Wildman–Crippen LogP) is 7.62. The number of carbonyl (C=O) groups is 1. The fraction of sp³-hybridized carbons (Fsp3) is 0.303. The first kappa shape index (κ1) is 26.2. The summed E-state index contributed by atoms with van der Waals surface area (Å²) in [6, 6.07) is 31.1. The number of piperidine rings is 1. The largest absolute Gasteiger partial charge is 0.497 e. The van der Waals surface area contributed by atoms with Gasteiger partial charge in [-0.1, -0.05) is 67.6 Å². The van der Waals surface area contributed by atoms with Gasteiger partial charge in [-0.2, -0.15) is 0 Å². The van der Waals surface area contributed by atoms with Gasteiger partial charge in [0.05, 0.1) is 13.2 Å². The molecule has 0 spiro atoms. The van der Waals surface area contributed by atoms with Crippen LogP contribution in [0, 0.1) is 5.92 Å². The number of carbonyl (C=O) groups excluding carboxylic acids is 1. The average Bonchev–Trinajstić information content (AvgIpc) is 3.37. The van der Waals surface area contributed by atoms with Gasteiger partial charge in [0.25, 0.3) is 5.91 Å². The molecule has 1 aliphatic rings. The molecule has 1 fully saturated rings. The number of nitrogens with zero attached hydrogens (tertiary/aromatic N) is 1. The number of thiophene rings is 1. The quantitative estimate of drug-likeness (QED) is 0.245. The minimum Gasteiger partial charge on any atom is -0.497 e. The van der Waals surface area contributed by atoms with Crippen LogP contribution in [0.1, 0.15) is 57.7 Å². The molecule has 0 unspecified atom stereocenters. The maximum atomic E-state index is 13.2. The van der Waals surface area contributed by atoms with Crippen molar-refractivity contribution in [2.75, 3.05) is 25.5 Å². The molecule has 3 aromatic carbocycles. The smallest absolute Gasteiger partial charge is 0.256 e. The molecular formula is C33H36N2O2S. The molecule has 1 amide bonds. The summed E-state index contributed by atoms with van der Waals surface area (Å²) >= 11 is 1.70. The summed E-state index contributed by atoms with van der Waals surface area (Å²) in [5, 5.41) is 4.21. The molecule has 2 heterocycles. The van der Waals surface area contributed by atoms with Crippen LogP contribution in [0.3, 0.4) is 0 Å². The molecule has 0 aliphatic carbocycles. The molecule has 196 valence electrons. The number of hydrogen-bond acceptors (Lipinski definition) is 4. The normalized spacial score (nSPS) is 15.2. The van der Waals surface area contributed by atoms with Crippen LogP contribution in [0.4, 0.5) is 5.00 Å². The average molecular weight is 525 g/mol. The van der Waals surface area contributed by atoms with Crippen LogP contribution in [-0.4, -0.2) is 31.0 Å². The Morgan fingerprint density at radius 2 is 1.63 bits per heavy atom. The lowest BCUT2D eigenvalue weighted by atomic mass is 9.88. The first-order chi connectivity index (χ1) is 18.6. The Kier molecular flexibility index (Phi) is 8.57. The van der Waals surface area contributed by atoms with E-state index >= 15 is 0 Å². The third-order valence-electron chi connectivity index (χ3n) is 7.53. The molecule has 1 saturated heterocycles. The van der Waals surface area contributed by atoms with Gasteiger partial charge < -0.3 is 10.1 Å².